The first-order valence-electron chi connectivity index (χ1n) is 5.52. The maximum atomic E-state index is 13.8. The Morgan fingerprint density at radius 2 is 2.21 bits per heavy atom. The fourth-order valence-electron chi connectivity index (χ4n) is 1.65. The molecule has 4 nitrogen and oxygen atoms in total. The van der Waals surface area contributed by atoms with Gasteiger partial charge in [0.2, 0.25) is 0 Å². The second-order valence-corrected chi connectivity index (χ2v) is 4.24. The van der Waals surface area contributed by atoms with E-state index in [1.54, 1.807) is 12.1 Å². The smallest absolute Gasteiger partial charge is 0.287 e. The van der Waals surface area contributed by atoms with E-state index in [1.807, 2.05) is 0 Å². The minimum absolute atomic E-state index is 0.0665. The van der Waals surface area contributed by atoms with E-state index in [4.69, 9.17) is 16.0 Å². The molecule has 1 amide bonds. The Balaban J connectivity index is 2.21. The largest absolute Gasteiger partial charge is 0.459 e. The van der Waals surface area contributed by atoms with Crippen LogP contribution in [0.1, 0.15) is 22.2 Å². The predicted octanol–water partition coefficient (Wildman–Crippen LogP) is 2.54. The highest BCUT2D eigenvalue weighted by atomic mass is 35.5. The summed E-state index contributed by atoms with van der Waals surface area (Å²) in [6.45, 7) is -0.455. The van der Waals surface area contributed by atoms with Gasteiger partial charge in [0, 0.05) is 5.56 Å². The van der Waals surface area contributed by atoms with Crippen molar-refractivity contribution in [3.8, 4) is 0 Å². The molecule has 1 aromatic heterocycles. The average molecular weight is 284 g/mol. The summed E-state index contributed by atoms with van der Waals surface area (Å²) < 4.78 is 18.7. The Labute approximate surface area is 113 Å². The van der Waals surface area contributed by atoms with Crippen LogP contribution in [-0.4, -0.2) is 17.6 Å². The van der Waals surface area contributed by atoms with Gasteiger partial charge in [0.05, 0.1) is 23.9 Å². The fourth-order valence-corrected chi connectivity index (χ4v) is 1.83. The van der Waals surface area contributed by atoms with Crippen LogP contribution in [0.25, 0.3) is 0 Å². The molecule has 1 unspecified atom stereocenters. The van der Waals surface area contributed by atoms with Crippen LogP contribution in [0.4, 0.5) is 4.39 Å². The summed E-state index contributed by atoms with van der Waals surface area (Å²) in [5, 5.41) is 11.7. The van der Waals surface area contributed by atoms with Crippen LogP contribution >= 0.6 is 11.6 Å². The van der Waals surface area contributed by atoms with Crippen molar-refractivity contribution < 1.29 is 18.7 Å². The van der Waals surface area contributed by atoms with Crippen molar-refractivity contribution in [3.63, 3.8) is 0 Å². The summed E-state index contributed by atoms with van der Waals surface area (Å²) in [6, 6.07) is 6.52. The van der Waals surface area contributed by atoms with Crippen LogP contribution < -0.4 is 5.32 Å². The molecule has 1 aromatic carbocycles. The lowest BCUT2D eigenvalue weighted by atomic mass is 10.1. The molecule has 19 heavy (non-hydrogen) atoms. The molecular formula is C13H11ClFNO3. The molecule has 0 spiro atoms. The molecule has 0 saturated carbocycles. The highest BCUT2D eigenvalue weighted by molar-refractivity contribution is 6.30. The highest BCUT2D eigenvalue weighted by Crippen LogP contribution is 2.23. The van der Waals surface area contributed by atoms with E-state index in [1.165, 1.54) is 24.5 Å². The van der Waals surface area contributed by atoms with Crippen LogP contribution in [0.3, 0.4) is 0 Å². The van der Waals surface area contributed by atoms with E-state index in [9.17, 15) is 14.3 Å². The molecule has 0 aliphatic carbocycles. The molecule has 0 radical (unpaired) electrons. The fraction of sp³-hybridized carbons (Fsp3) is 0.154. The van der Waals surface area contributed by atoms with Crippen molar-refractivity contribution in [1.82, 2.24) is 5.32 Å². The number of carbonyl (C=O) groups is 1. The molecule has 0 aliphatic heterocycles. The van der Waals surface area contributed by atoms with Crippen molar-refractivity contribution in [2.75, 3.05) is 6.61 Å². The summed E-state index contributed by atoms with van der Waals surface area (Å²) in [7, 11) is 0. The maximum absolute atomic E-state index is 13.8. The van der Waals surface area contributed by atoms with Gasteiger partial charge in [-0.15, -0.1) is 0 Å². The Morgan fingerprint density at radius 1 is 1.42 bits per heavy atom. The molecule has 2 aromatic rings. The van der Waals surface area contributed by atoms with Gasteiger partial charge in [-0.05, 0) is 18.2 Å². The zero-order valence-electron chi connectivity index (χ0n) is 9.77. The van der Waals surface area contributed by atoms with Gasteiger partial charge in [-0.1, -0.05) is 23.7 Å². The van der Waals surface area contributed by atoms with Crippen molar-refractivity contribution in [2.24, 2.45) is 0 Å². The Hall–Kier alpha value is -1.85. The second kappa shape index (κ2) is 5.86. The summed E-state index contributed by atoms with van der Waals surface area (Å²) in [4.78, 5) is 11.8. The van der Waals surface area contributed by atoms with Gasteiger partial charge >= 0.3 is 0 Å². The van der Waals surface area contributed by atoms with Gasteiger partial charge in [0.1, 0.15) is 5.82 Å². The number of benzene rings is 1. The number of amides is 1. The molecular weight excluding hydrogens is 273 g/mol. The van der Waals surface area contributed by atoms with E-state index in [0.29, 0.717) is 0 Å². The third-order valence-corrected chi connectivity index (χ3v) is 2.88. The molecule has 2 rings (SSSR count). The monoisotopic (exact) mass is 283 g/mol. The van der Waals surface area contributed by atoms with E-state index in [-0.39, 0.29) is 16.3 Å². The number of hydrogen-bond acceptors (Lipinski definition) is 3. The SMILES string of the molecule is O=C(NC(CO)c1cccc(Cl)c1F)c1ccco1. The van der Waals surface area contributed by atoms with Crippen LogP contribution in [0, 0.1) is 5.82 Å². The average Bonchev–Trinajstić information content (AvgIpc) is 2.93. The zero-order chi connectivity index (χ0) is 13.8. The molecule has 0 fully saturated rings. The zero-order valence-corrected chi connectivity index (χ0v) is 10.5. The first-order valence-corrected chi connectivity index (χ1v) is 5.90. The van der Waals surface area contributed by atoms with E-state index in [0.717, 1.165) is 0 Å². The first kappa shape index (κ1) is 13.6. The van der Waals surface area contributed by atoms with Crippen LogP contribution in [-0.2, 0) is 0 Å². The Morgan fingerprint density at radius 3 is 2.84 bits per heavy atom. The van der Waals surface area contributed by atoms with Crippen molar-refractivity contribution in [1.29, 1.82) is 0 Å². The molecule has 100 valence electrons. The second-order valence-electron chi connectivity index (χ2n) is 3.83. The van der Waals surface area contributed by atoms with Crippen LogP contribution in [0.2, 0.25) is 5.02 Å². The number of nitrogens with one attached hydrogen (secondary N) is 1. The number of furan rings is 1. The van der Waals surface area contributed by atoms with Gasteiger partial charge in [0.25, 0.3) is 5.91 Å². The van der Waals surface area contributed by atoms with Gasteiger partial charge < -0.3 is 14.8 Å². The molecule has 0 aliphatic rings. The first-order chi connectivity index (χ1) is 9.13. The lowest BCUT2D eigenvalue weighted by Gasteiger charge is -2.17. The summed E-state index contributed by atoms with van der Waals surface area (Å²) in [5.74, 6) is -1.12. The quantitative estimate of drug-likeness (QED) is 0.906. The van der Waals surface area contributed by atoms with Crippen molar-refractivity contribution in [2.45, 2.75) is 6.04 Å². The van der Waals surface area contributed by atoms with E-state index in [2.05, 4.69) is 5.32 Å². The summed E-state index contributed by atoms with van der Waals surface area (Å²) in [5.41, 5.74) is 0.120. The Bertz CT molecular complexity index is 571. The number of halogens is 2. The van der Waals surface area contributed by atoms with Gasteiger partial charge in [-0.25, -0.2) is 4.39 Å². The minimum atomic E-state index is -0.892. The lowest BCUT2D eigenvalue weighted by Crippen LogP contribution is -2.31. The molecule has 6 heteroatoms. The summed E-state index contributed by atoms with van der Waals surface area (Å²) in [6.07, 6.45) is 1.35. The molecule has 1 heterocycles. The topological polar surface area (TPSA) is 62.5 Å². The number of hydrogen-bond donors (Lipinski definition) is 2. The van der Waals surface area contributed by atoms with Gasteiger partial charge in [-0.3, -0.25) is 4.79 Å². The predicted molar refractivity (Wildman–Crippen MR) is 67.4 cm³/mol. The van der Waals surface area contributed by atoms with Crippen molar-refractivity contribution >= 4 is 17.5 Å². The summed E-state index contributed by atoms with van der Waals surface area (Å²) >= 11 is 5.66. The maximum Gasteiger partial charge on any atom is 0.287 e. The van der Waals surface area contributed by atoms with Crippen molar-refractivity contribution in [3.05, 3.63) is 58.8 Å². The number of aliphatic hydroxyl groups excluding tert-OH is 1. The lowest BCUT2D eigenvalue weighted by molar-refractivity contribution is 0.0887. The van der Waals surface area contributed by atoms with Crippen LogP contribution in [0.5, 0.6) is 0 Å². The molecule has 2 N–H and O–H groups in total. The van der Waals surface area contributed by atoms with Crippen LogP contribution in [0.15, 0.2) is 41.0 Å². The number of carbonyl (C=O) groups excluding carboxylic acids is 1. The molecule has 1 atom stereocenters. The van der Waals surface area contributed by atoms with E-state index < -0.39 is 24.4 Å². The standard InChI is InChI=1S/C13H11ClFNO3/c14-9-4-1-3-8(12(9)15)10(7-17)16-13(18)11-5-2-6-19-11/h1-6,10,17H,7H2,(H,16,18). The van der Waals surface area contributed by atoms with Gasteiger partial charge in [0.15, 0.2) is 5.76 Å². The normalized spacial score (nSPS) is 12.2. The van der Waals surface area contributed by atoms with Gasteiger partial charge in [-0.2, -0.15) is 0 Å². The highest BCUT2D eigenvalue weighted by Gasteiger charge is 2.20. The number of rotatable bonds is 4. The number of aliphatic hydroxyl groups is 1. The van der Waals surface area contributed by atoms with E-state index >= 15 is 0 Å². The molecule has 0 bridgehead atoms. The third-order valence-electron chi connectivity index (χ3n) is 2.59. The minimum Gasteiger partial charge on any atom is -0.459 e. The molecule has 0 saturated heterocycles. The third kappa shape index (κ3) is 2.94. The Kier molecular flexibility index (Phi) is 4.19.